The number of halogens is 3. The lowest BCUT2D eigenvalue weighted by atomic mass is 10.2. The van der Waals surface area contributed by atoms with E-state index in [1.165, 1.54) is 31.3 Å². The number of hydrogen-bond acceptors (Lipinski definition) is 5. The van der Waals surface area contributed by atoms with Crippen LogP contribution >= 0.6 is 0 Å². The molecule has 9 heteroatoms. The summed E-state index contributed by atoms with van der Waals surface area (Å²) >= 11 is 0. The zero-order valence-corrected chi connectivity index (χ0v) is 13.7. The Morgan fingerprint density at radius 2 is 1.96 bits per heavy atom. The van der Waals surface area contributed by atoms with Crippen molar-refractivity contribution in [2.24, 2.45) is 0 Å². The molecule has 0 radical (unpaired) electrons. The summed E-state index contributed by atoms with van der Waals surface area (Å²) in [4.78, 5) is 7.89. The van der Waals surface area contributed by atoms with Gasteiger partial charge in [0.25, 0.3) is 0 Å². The molecular formula is C15H15F3N2O3S. The summed E-state index contributed by atoms with van der Waals surface area (Å²) in [5.41, 5.74) is 0.281. The second-order valence-corrected chi connectivity index (χ2v) is 7.16. The second kappa shape index (κ2) is 6.76. The van der Waals surface area contributed by atoms with Crippen LogP contribution in [-0.2, 0) is 9.84 Å². The van der Waals surface area contributed by atoms with Gasteiger partial charge in [-0.15, -0.1) is 0 Å². The van der Waals surface area contributed by atoms with Gasteiger partial charge in [0.2, 0.25) is 6.17 Å². The Bertz CT molecular complexity index is 809. The molecule has 1 unspecified atom stereocenters. The van der Waals surface area contributed by atoms with E-state index in [1.807, 2.05) is 0 Å². The first-order chi connectivity index (χ1) is 11.2. The fraction of sp³-hybridized carbons (Fsp3) is 0.333. The van der Waals surface area contributed by atoms with Crippen molar-refractivity contribution in [3.63, 3.8) is 0 Å². The van der Waals surface area contributed by atoms with Crippen molar-refractivity contribution in [1.82, 2.24) is 9.97 Å². The number of pyridine rings is 2. The highest BCUT2D eigenvalue weighted by Crippen LogP contribution is 2.29. The maximum Gasteiger partial charge on any atom is 0.429 e. The number of rotatable bonds is 6. The first-order valence-corrected chi connectivity index (χ1v) is 8.67. The molecule has 0 saturated carbocycles. The average molecular weight is 360 g/mol. The molecule has 0 fully saturated rings. The van der Waals surface area contributed by atoms with Gasteiger partial charge in [-0.25, -0.2) is 12.8 Å². The van der Waals surface area contributed by atoms with Crippen LogP contribution in [0.15, 0.2) is 41.6 Å². The van der Waals surface area contributed by atoms with Crippen molar-refractivity contribution in [3.05, 3.63) is 36.7 Å². The second-order valence-electron chi connectivity index (χ2n) is 4.91. The van der Waals surface area contributed by atoms with Crippen LogP contribution in [0, 0.1) is 0 Å². The molecule has 0 saturated heterocycles. The number of alkyl halides is 3. The number of aromatic nitrogens is 2. The summed E-state index contributed by atoms with van der Waals surface area (Å²) in [6, 6.07) is 5.31. The summed E-state index contributed by atoms with van der Waals surface area (Å²) in [5, 5.41) is 0. The fourth-order valence-corrected chi connectivity index (χ4v) is 2.86. The standard InChI is InChI=1S/C15H15F3N2O3S/c1-3-24(21,22)13-5-4-8-19-14(13)12-7-6-11(9-20-12)23-15(17,18)10(2)16/h4-10H,3H2,1-2H3. The maximum absolute atomic E-state index is 13.2. The van der Waals surface area contributed by atoms with Crippen molar-refractivity contribution in [2.45, 2.75) is 31.0 Å². The minimum absolute atomic E-state index is 0.00335. The van der Waals surface area contributed by atoms with E-state index in [9.17, 15) is 21.6 Å². The van der Waals surface area contributed by atoms with E-state index in [-0.39, 0.29) is 27.8 Å². The molecule has 0 aromatic carbocycles. The highest BCUT2D eigenvalue weighted by molar-refractivity contribution is 7.91. The number of nitrogens with zero attached hydrogens (tertiary/aromatic N) is 2. The van der Waals surface area contributed by atoms with E-state index in [2.05, 4.69) is 14.7 Å². The first-order valence-electron chi connectivity index (χ1n) is 7.02. The van der Waals surface area contributed by atoms with Crippen molar-refractivity contribution >= 4 is 9.84 Å². The Hall–Kier alpha value is -2.16. The summed E-state index contributed by atoms with van der Waals surface area (Å²) in [6.07, 6.45) is -4.11. The van der Waals surface area contributed by atoms with Crippen LogP contribution in [0.5, 0.6) is 5.75 Å². The zero-order valence-electron chi connectivity index (χ0n) is 12.9. The van der Waals surface area contributed by atoms with Crippen molar-refractivity contribution in [3.8, 4) is 17.1 Å². The van der Waals surface area contributed by atoms with Gasteiger partial charge in [0.15, 0.2) is 9.84 Å². The van der Waals surface area contributed by atoms with Crippen LogP contribution in [0.3, 0.4) is 0 Å². The third-order valence-corrected chi connectivity index (χ3v) is 4.94. The summed E-state index contributed by atoms with van der Waals surface area (Å²) in [6.45, 7) is 2.17. The van der Waals surface area contributed by atoms with Crippen LogP contribution in [0.25, 0.3) is 11.4 Å². The van der Waals surface area contributed by atoms with Gasteiger partial charge in [0, 0.05) is 6.20 Å². The third kappa shape index (κ3) is 3.84. The third-order valence-electron chi connectivity index (χ3n) is 3.18. The van der Waals surface area contributed by atoms with Gasteiger partial charge in [-0.05, 0) is 31.2 Å². The Labute approximate surface area is 137 Å². The average Bonchev–Trinajstić information content (AvgIpc) is 2.55. The normalized spacial score (nSPS) is 13.5. The largest absolute Gasteiger partial charge is 0.429 e. The molecule has 24 heavy (non-hydrogen) atoms. The van der Waals surface area contributed by atoms with Gasteiger partial charge in [-0.2, -0.15) is 8.78 Å². The first kappa shape index (κ1) is 18.2. The molecule has 2 heterocycles. The van der Waals surface area contributed by atoms with Crippen molar-refractivity contribution in [1.29, 1.82) is 0 Å². The van der Waals surface area contributed by atoms with E-state index in [0.29, 0.717) is 6.92 Å². The van der Waals surface area contributed by atoms with Crippen LogP contribution in [0.1, 0.15) is 13.8 Å². The van der Waals surface area contributed by atoms with Gasteiger partial charge >= 0.3 is 6.11 Å². The molecule has 130 valence electrons. The lowest BCUT2D eigenvalue weighted by Gasteiger charge is -2.18. The molecular weight excluding hydrogens is 345 g/mol. The predicted octanol–water partition coefficient (Wildman–Crippen LogP) is 3.27. The molecule has 2 aromatic heterocycles. The van der Waals surface area contributed by atoms with E-state index in [1.54, 1.807) is 0 Å². The Morgan fingerprint density at radius 3 is 2.50 bits per heavy atom. The van der Waals surface area contributed by atoms with E-state index < -0.39 is 22.1 Å². The van der Waals surface area contributed by atoms with Crippen molar-refractivity contribution < 1.29 is 26.3 Å². The van der Waals surface area contributed by atoms with Crippen LogP contribution in [0.4, 0.5) is 13.2 Å². The topological polar surface area (TPSA) is 69.2 Å². The minimum Gasteiger partial charge on any atom is -0.429 e. The van der Waals surface area contributed by atoms with E-state index in [4.69, 9.17) is 0 Å². The Morgan fingerprint density at radius 1 is 1.25 bits per heavy atom. The number of hydrogen-bond donors (Lipinski definition) is 0. The van der Waals surface area contributed by atoms with Gasteiger partial charge in [-0.1, -0.05) is 6.92 Å². The molecule has 0 aliphatic rings. The Kier molecular flexibility index (Phi) is 5.12. The molecule has 2 rings (SSSR count). The lowest BCUT2D eigenvalue weighted by Crippen LogP contribution is -2.34. The molecule has 0 spiro atoms. The smallest absolute Gasteiger partial charge is 0.429 e. The van der Waals surface area contributed by atoms with Crippen LogP contribution in [0.2, 0.25) is 0 Å². The van der Waals surface area contributed by atoms with Gasteiger partial charge in [0.05, 0.1) is 22.5 Å². The van der Waals surface area contributed by atoms with Gasteiger partial charge in [0.1, 0.15) is 11.4 Å². The summed E-state index contributed by atoms with van der Waals surface area (Å²) in [5.74, 6) is -0.461. The van der Waals surface area contributed by atoms with Gasteiger partial charge in [-0.3, -0.25) is 9.97 Å². The Balaban J connectivity index is 2.37. The molecule has 0 aliphatic carbocycles. The minimum atomic E-state index is -3.98. The van der Waals surface area contributed by atoms with E-state index in [0.717, 1.165) is 12.3 Å². The van der Waals surface area contributed by atoms with Gasteiger partial charge < -0.3 is 4.74 Å². The van der Waals surface area contributed by atoms with Crippen LogP contribution < -0.4 is 4.74 Å². The van der Waals surface area contributed by atoms with Crippen LogP contribution in [-0.4, -0.2) is 36.4 Å². The highest BCUT2D eigenvalue weighted by Gasteiger charge is 2.39. The predicted molar refractivity (Wildman–Crippen MR) is 81.3 cm³/mol. The molecule has 0 bridgehead atoms. The number of ether oxygens (including phenoxy) is 1. The van der Waals surface area contributed by atoms with Crippen molar-refractivity contribution in [2.75, 3.05) is 5.75 Å². The molecule has 0 N–H and O–H groups in total. The molecule has 5 nitrogen and oxygen atoms in total. The molecule has 0 amide bonds. The SMILES string of the molecule is CCS(=O)(=O)c1cccnc1-c1ccc(OC(F)(F)C(C)F)cn1. The van der Waals surface area contributed by atoms with E-state index >= 15 is 0 Å². The monoisotopic (exact) mass is 360 g/mol. The quantitative estimate of drug-likeness (QED) is 0.791. The summed E-state index contributed by atoms with van der Waals surface area (Å²) < 4.78 is 67.6. The molecule has 1 atom stereocenters. The molecule has 2 aromatic rings. The zero-order chi connectivity index (χ0) is 18.0. The molecule has 0 aliphatic heterocycles. The number of sulfone groups is 1. The fourth-order valence-electron chi connectivity index (χ4n) is 1.81. The summed E-state index contributed by atoms with van der Waals surface area (Å²) in [7, 11) is -3.53. The highest BCUT2D eigenvalue weighted by atomic mass is 32.2. The lowest BCUT2D eigenvalue weighted by molar-refractivity contribution is -0.215. The maximum atomic E-state index is 13.2.